The van der Waals surface area contributed by atoms with Crippen molar-refractivity contribution in [3.8, 4) is 5.75 Å². The largest absolute Gasteiger partial charge is 0.457 e. The van der Waals surface area contributed by atoms with Crippen LogP contribution in [0.25, 0.3) is 0 Å². The van der Waals surface area contributed by atoms with Crippen LogP contribution in [0, 0.1) is 0 Å². The van der Waals surface area contributed by atoms with Crippen LogP contribution in [-0.2, 0) is 15.6 Å². The lowest BCUT2D eigenvalue weighted by molar-refractivity contribution is 0.0700. The molecular weight excluding hydrogens is 364 g/mol. The lowest BCUT2D eigenvalue weighted by Crippen LogP contribution is -2.12. The van der Waals surface area contributed by atoms with Gasteiger partial charge in [0.15, 0.2) is 9.84 Å². The highest BCUT2D eigenvalue weighted by Gasteiger charge is 2.23. The maximum atomic E-state index is 12.5. The summed E-state index contributed by atoms with van der Waals surface area (Å²) < 4.78 is 35.3. The summed E-state index contributed by atoms with van der Waals surface area (Å²) in [6.07, 6.45) is 1.26. The Morgan fingerprint density at radius 2 is 1.68 bits per heavy atom. The molecule has 1 aromatic heterocycles. The molecule has 0 bridgehead atoms. The van der Waals surface area contributed by atoms with Gasteiger partial charge < -0.3 is 9.15 Å². The molecule has 0 aliphatic heterocycles. The average Bonchev–Trinajstić information content (AvgIpc) is 3.05. The molecule has 5 nitrogen and oxygen atoms in total. The normalized spacial score (nSPS) is 11.2. The number of hydrogen-bond acceptors (Lipinski definition) is 5. The third-order valence-corrected chi connectivity index (χ3v) is 5.34. The fourth-order valence-corrected chi connectivity index (χ4v) is 3.70. The Kier molecular flexibility index (Phi) is 4.92. The average molecular weight is 377 g/mol. The number of carbonyl (C=O) groups excluding carboxylic acids is 1. The van der Waals surface area contributed by atoms with Crippen LogP contribution in [0.2, 0.25) is 5.02 Å². The summed E-state index contributed by atoms with van der Waals surface area (Å²) in [5.41, 5.74) is 0.239. The molecule has 0 atom stereocenters. The van der Waals surface area contributed by atoms with Gasteiger partial charge >= 0.3 is 5.97 Å². The quantitative estimate of drug-likeness (QED) is 0.494. The maximum Gasteiger partial charge on any atom is 0.379 e. The van der Waals surface area contributed by atoms with Crippen LogP contribution >= 0.6 is 11.6 Å². The predicted octanol–water partition coefficient (Wildman–Crippen LogP) is 4.13. The molecule has 2 aromatic carbocycles. The Labute approximate surface area is 149 Å². The van der Waals surface area contributed by atoms with Gasteiger partial charge in [0.2, 0.25) is 5.76 Å². The third-order valence-electron chi connectivity index (χ3n) is 3.40. The van der Waals surface area contributed by atoms with E-state index in [2.05, 4.69) is 0 Å². The van der Waals surface area contributed by atoms with E-state index < -0.39 is 15.8 Å². The highest BCUT2D eigenvalue weighted by molar-refractivity contribution is 7.90. The number of hydrogen-bond donors (Lipinski definition) is 0. The molecule has 0 aliphatic carbocycles. The van der Waals surface area contributed by atoms with Crippen molar-refractivity contribution in [1.82, 2.24) is 0 Å². The molecule has 0 aliphatic rings. The number of sulfone groups is 1. The molecule has 25 heavy (non-hydrogen) atoms. The van der Waals surface area contributed by atoms with Gasteiger partial charge in [-0.15, -0.1) is 0 Å². The molecule has 128 valence electrons. The molecule has 0 spiro atoms. The van der Waals surface area contributed by atoms with Crippen molar-refractivity contribution < 1.29 is 22.4 Å². The fourth-order valence-electron chi connectivity index (χ4n) is 2.20. The van der Waals surface area contributed by atoms with Crippen LogP contribution < -0.4 is 4.74 Å². The predicted molar refractivity (Wildman–Crippen MR) is 92.5 cm³/mol. The van der Waals surface area contributed by atoms with Crippen molar-refractivity contribution in [2.75, 3.05) is 0 Å². The summed E-state index contributed by atoms with van der Waals surface area (Å²) in [4.78, 5) is 12.4. The molecule has 1 heterocycles. The number of carbonyl (C=O) groups is 1. The molecule has 3 rings (SSSR count). The first kappa shape index (κ1) is 17.3. The summed E-state index contributed by atoms with van der Waals surface area (Å²) in [5, 5.41) is 0.507. The minimum absolute atomic E-state index is 0.144. The molecule has 0 fully saturated rings. The number of ether oxygens (including phenoxy) is 1. The second kappa shape index (κ2) is 7.13. The first-order chi connectivity index (χ1) is 12.0. The lowest BCUT2D eigenvalue weighted by atomic mass is 10.3. The van der Waals surface area contributed by atoms with Crippen molar-refractivity contribution in [2.24, 2.45) is 0 Å². The van der Waals surface area contributed by atoms with Gasteiger partial charge in [0.05, 0.1) is 16.9 Å². The Morgan fingerprint density at radius 3 is 2.36 bits per heavy atom. The Balaban J connectivity index is 1.80. The molecule has 3 aromatic rings. The van der Waals surface area contributed by atoms with Crippen molar-refractivity contribution in [3.63, 3.8) is 0 Å². The zero-order valence-electron chi connectivity index (χ0n) is 12.9. The fraction of sp³-hybridized carbons (Fsp3) is 0.0556. The van der Waals surface area contributed by atoms with Gasteiger partial charge in [-0.05, 0) is 42.5 Å². The van der Waals surface area contributed by atoms with E-state index in [4.69, 9.17) is 20.8 Å². The van der Waals surface area contributed by atoms with Gasteiger partial charge in [-0.2, -0.15) is 0 Å². The van der Waals surface area contributed by atoms with Crippen LogP contribution in [0.1, 0.15) is 16.1 Å². The van der Waals surface area contributed by atoms with Crippen molar-refractivity contribution in [3.05, 3.63) is 83.3 Å². The molecule has 0 radical (unpaired) electrons. The summed E-state index contributed by atoms with van der Waals surface area (Å²) >= 11 is 5.78. The summed E-state index contributed by atoms with van der Waals surface area (Å²) in [7, 11) is -3.60. The van der Waals surface area contributed by atoms with E-state index >= 15 is 0 Å². The molecule has 0 N–H and O–H groups in total. The van der Waals surface area contributed by atoms with Crippen molar-refractivity contribution in [2.45, 2.75) is 10.6 Å². The van der Waals surface area contributed by atoms with Crippen LogP contribution in [0.15, 0.2) is 76.2 Å². The van der Waals surface area contributed by atoms with Crippen LogP contribution in [0.4, 0.5) is 0 Å². The molecule has 0 saturated carbocycles. The van der Waals surface area contributed by atoms with E-state index in [1.807, 2.05) is 0 Å². The van der Waals surface area contributed by atoms with Gasteiger partial charge in [0.1, 0.15) is 5.75 Å². The summed E-state index contributed by atoms with van der Waals surface area (Å²) in [6, 6.07) is 15.7. The summed E-state index contributed by atoms with van der Waals surface area (Å²) in [5.74, 6) is -0.999. The van der Waals surface area contributed by atoms with Gasteiger partial charge in [0.25, 0.3) is 0 Å². The number of esters is 1. The maximum absolute atomic E-state index is 12.5. The van der Waals surface area contributed by atoms with Crippen molar-refractivity contribution >= 4 is 27.4 Å². The second-order valence-corrected chi connectivity index (χ2v) is 7.62. The third kappa shape index (κ3) is 4.10. The first-order valence-electron chi connectivity index (χ1n) is 7.27. The van der Waals surface area contributed by atoms with Gasteiger partial charge in [-0.3, -0.25) is 0 Å². The monoisotopic (exact) mass is 376 g/mol. The smallest absolute Gasteiger partial charge is 0.379 e. The SMILES string of the molecule is O=C(Oc1ccc(Cl)cc1)c1occc1CS(=O)(=O)c1ccccc1. The molecule has 0 unspecified atom stereocenters. The molecular formula is C18H13ClO5S. The van der Waals surface area contributed by atoms with E-state index in [9.17, 15) is 13.2 Å². The van der Waals surface area contributed by atoms with E-state index in [1.54, 1.807) is 30.3 Å². The van der Waals surface area contributed by atoms with Crippen LogP contribution in [0.5, 0.6) is 5.75 Å². The minimum Gasteiger partial charge on any atom is -0.457 e. The number of benzene rings is 2. The van der Waals surface area contributed by atoms with Crippen molar-refractivity contribution in [1.29, 1.82) is 0 Å². The van der Waals surface area contributed by atoms with E-state index in [1.165, 1.54) is 36.6 Å². The highest BCUT2D eigenvalue weighted by atomic mass is 35.5. The van der Waals surface area contributed by atoms with Crippen LogP contribution in [0.3, 0.4) is 0 Å². The van der Waals surface area contributed by atoms with Gasteiger partial charge in [-0.25, -0.2) is 13.2 Å². The van der Waals surface area contributed by atoms with E-state index in [0.29, 0.717) is 5.02 Å². The molecule has 7 heteroatoms. The molecule has 0 saturated heterocycles. The zero-order valence-corrected chi connectivity index (χ0v) is 14.5. The first-order valence-corrected chi connectivity index (χ1v) is 9.31. The zero-order chi connectivity index (χ0) is 17.9. The standard InChI is InChI=1S/C18H13ClO5S/c19-14-6-8-15(9-7-14)24-18(20)17-13(10-11-23-17)12-25(21,22)16-4-2-1-3-5-16/h1-11H,12H2. The Morgan fingerprint density at radius 1 is 1.00 bits per heavy atom. The molecule has 0 amide bonds. The van der Waals surface area contributed by atoms with Gasteiger partial charge in [0, 0.05) is 10.6 Å². The number of furan rings is 1. The number of rotatable bonds is 5. The van der Waals surface area contributed by atoms with E-state index in [-0.39, 0.29) is 27.7 Å². The Hall–Kier alpha value is -2.57. The lowest BCUT2D eigenvalue weighted by Gasteiger charge is -2.06. The summed E-state index contributed by atoms with van der Waals surface area (Å²) in [6.45, 7) is 0. The van der Waals surface area contributed by atoms with Crippen LogP contribution in [-0.4, -0.2) is 14.4 Å². The number of halogens is 1. The minimum atomic E-state index is -3.60. The second-order valence-electron chi connectivity index (χ2n) is 5.19. The topological polar surface area (TPSA) is 73.6 Å². The van der Waals surface area contributed by atoms with E-state index in [0.717, 1.165) is 0 Å². The Bertz CT molecular complexity index is 976. The highest BCUT2D eigenvalue weighted by Crippen LogP contribution is 2.22. The van der Waals surface area contributed by atoms with Gasteiger partial charge in [-0.1, -0.05) is 29.8 Å².